The first kappa shape index (κ1) is 16.5. The second-order valence-corrected chi connectivity index (χ2v) is 6.06. The first-order valence-electron chi connectivity index (χ1n) is 8.60. The number of para-hydroxylation sites is 1. The average molecular weight is 324 g/mol. The molecule has 1 N–H and O–H groups in total. The molecular weight excluding hydrogens is 300 g/mol. The maximum Gasteiger partial charge on any atom is 0.411 e. The molecule has 3 rings (SSSR count). The van der Waals surface area contributed by atoms with Gasteiger partial charge in [0.15, 0.2) is 0 Å². The van der Waals surface area contributed by atoms with Crippen molar-refractivity contribution in [3.63, 3.8) is 0 Å². The van der Waals surface area contributed by atoms with E-state index in [2.05, 4.69) is 17.1 Å². The molecule has 1 aliphatic heterocycles. The smallest absolute Gasteiger partial charge is 0.411 e. The Hall–Kier alpha value is -2.33. The summed E-state index contributed by atoms with van der Waals surface area (Å²) in [6, 6.07) is 18.2. The minimum atomic E-state index is -0.388. The van der Waals surface area contributed by atoms with Crippen molar-refractivity contribution in [2.75, 3.05) is 25.0 Å². The van der Waals surface area contributed by atoms with Crippen molar-refractivity contribution in [1.29, 1.82) is 0 Å². The molecule has 0 saturated carbocycles. The number of carbonyl (C=O) groups excluding carboxylic acids is 1. The maximum absolute atomic E-state index is 12.2. The molecular formula is C20H24N2O2. The van der Waals surface area contributed by atoms with Crippen LogP contribution < -0.4 is 5.32 Å². The van der Waals surface area contributed by atoms with Crippen LogP contribution in [0.25, 0.3) is 11.1 Å². The van der Waals surface area contributed by atoms with Gasteiger partial charge in [-0.2, -0.15) is 0 Å². The Bertz CT molecular complexity index is 672. The van der Waals surface area contributed by atoms with Crippen LogP contribution in [0.5, 0.6) is 0 Å². The van der Waals surface area contributed by atoms with Gasteiger partial charge in [-0.15, -0.1) is 0 Å². The lowest BCUT2D eigenvalue weighted by Crippen LogP contribution is -2.34. The van der Waals surface area contributed by atoms with Crippen LogP contribution in [0.1, 0.15) is 19.8 Å². The van der Waals surface area contributed by atoms with Crippen LogP contribution in [0.2, 0.25) is 0 Å². The molecule has 1 heterocycles. The highest BCUT2D eigenvalue weighted by atomic mass is 16.5. The number of hydrogen-bond acceptors (Lipinski definition) is 3. The summed E-state index contributed by atoms with van der Waals surface area (Å²) in [7, 11) is 0. The Morgan fingerprint density at radius 3 is 2.71 bits per heavy atom. The molecule has 1 amide bonds. The summed E-state index contributed by atoms with van der Waals surface area (Å²) < 4.78 is 5.46. The van der Waals surface area contributed by atoms with E-state index >= 15 is 0 Å². The van der Waals surface area contributed by atoms with Gasteiger partial charge >= 0.3 is 6.09 Å². The van der Waals surface area contributed by atoms with Crippen molar-refractivity contribution in [3.8, 4) is 11.1 Å². The molecule has 4 heteroatoms. The van der Waals surface area contributed by atoms with Crippen LogP contribution >= 0.6 is 0 Å². The lowest BCUT2D eigenvalue weighted by atomic mass is 10.0. The van der Waals surface area contributed by atoms with E-state index in [-0.39, 0.29) is 6.09 Å². The third kappa shape index (κ3) is 3.95. The number of likely N-dealkylation sites (tertiary alicyclic amines) is 1. The van der Waals surface area contributed by atoms with Crippen molar-refractivity contribution < 1.29 is 9.53 Å². The zero-order chi connectivity index (χ0) is 16.8. The van der Waals surface area contributed by atoms with Gasteiger partial charge < -0.3 is 4.74 Å². The normalized spacial score (nSPS) is 17.6. The highest BCUT2D eigenvalue weighted by Gasteiger charge is 2.24. The van der Waals surface area contributed by atoms with E-state index in [1.807, 2.05) is 54.6 Å². The van der Waals surface area contributed by atoms with Crippen LogP contribution in [0.4, 0.5) is 10.5 Å². The summed E-state index contributed by atoms with van der Waals surface area (Å²) in [4.78, 5) is 14.6. The fourth-order valence-corrected chi connectivity index (χ4v) is 3.28. The topological polar surface area (TPSA) is 41.6 Å². The molecule has 1 fully saturated rings. The third-order valence-electron chi connectivity index (χ3n) is 4.56. The number of ether oxygens (including phenoxy) is 1. The van der Waals surface area contributed by atoms with Gasteiger partial charge in [-0.05, 0) is 37.6 Å². The zero-order valence-electron chi connectivity index (χ0n) is 14.1. The van der Waals surface area contributed by atoms with Crippen molar-refractivity contribution >= 4 is 11.8 Å². The van der Waals surface area contributed by atoms with E-state index in [1.165, 1.54) is 6.42 Å². The summed E-state index contributed by atoms with van der Waals surface area (Å²) in [6.07, 6.45) is 1.89. The number of carbonyl (C=O) groups is 1. The predicted molar refractivity (Wildman–Crippen MR) is 97.1 cm³/mol. The van der Waals surface area contributed by atoms with Gasteiger partial charge in [-0.25, -0.2) is 4.79 Å². The summed E-state index contributed by atoms with van der Waals surface area (Å²) in [5.41, 5.74) is 2.83. The highest BCUT2D eigenvalue weighted by molar-refractivity contribution is 5.91. The molecule has 0 radical (unpaired) electrons. The Kier molecular flexibility index (Phi) is 5.49. The average Bonchev–Trinajstić information content (AvgIpc) is 3.09. The van der Waals surface area contributed by atoms with Crippen molar-refractivity contribution in [3.05, 3.63) is 54.6 Å². The van der Waals surface area contributed by atoms with E-state index in [9.17, 15) is 4.79 Å². The van der Waals surface area contributed by atoms with Gasteiger partial charge in [-0.1, -0.05) is 55.5 Å². The highest BCUT2D eigenvalue weighted by Crippen LogP contribution is 2.27. The lowest BCUT2D eigenvalue weighted by Gasteiger charge is -2.22. The molecule has 24 heavy (non-hydrogen) atoms. The van der Waals surface area contributed by atoms with Gasteiger partial charge in [0.1, 0.15) is 6.61 Å². The summed E-state index contributed by atoms with van der Waals surface area (Å²) >= 11 is 0. The second-order valence-electron chi connectivity index (χ2n) is 6.06. The van der Waals surface area contributed by atoms with Gasteiger partial charge in [0.05, 0.1) is 5.69 Å². The number of nitrogens with zero attached hydrogens (tertiary/aromatic N) is 1. The van der Waals surface area contributed by atoms with Crippen LogP contribution in [-0.2, 0) is 4.74 Å². The lowest BCUT2D eigenvalue weighted by molar-refractivity contribution is 0.120. The summed E-state index contributed by atoms with van der Waals surface area (Å²) in [6.45, 7) is 4.71. The molecule has 2 aromatic rings. The molecule has 1 unspecified atom stereocenters. The predicted octanol–water partition coefficient (Wildman–Crippen LogP) is 4.39. The summed E-state index contributed by atoms with van der Waals surface area (Å²) in [5, 5.41) is 2.89. The Morgan fingerprint density at radius 2 is 1.92 bits per heavy atom. The molecule has 0 aromatic heterocycles. The van der Waals surface area contributed by atoms with Gasteiger partial charge in [0, 0.05) is 11.6 Å². The number of anilines is 1. The van der Waals surface area contributed by atoms with Gasteiger partial charge in [-0.3, -0.25) is 10.2 Å². The van der Waals surface area contributed by atoms with E-state index < -0.39 is 0 Å². The number of benzene rings is 2. The van der Waals surface area contributed by atoms with E-state index in [4.69, 9.17) is 4.74 Å². The Balaban J connectivity index is 1.63. The minimum absolute atomic E-state index is 0.352. The molecule has 1 saturated heterocycles. The first-order chi connectivity index (χ1) is 11.8. The van der Waals surface area contributed by atoms with Crippen molar-refractivity contribution in [1.82, 2.24) is 4.90 Å². The molecule has 0 aliphatic carbocycles. The monoisotopic (exact) mass is 324 g/mol. The molecule has 1 aliphatic rings. The van der Waals surface area contributed by atoms with Crippen molar-refractivity contribution in [2.45, 2.75) is 25.8 Å². The quantitative estimate of drug-likeness (QED) is 0.887. The van der Waals surface area contributed by atoms with Crippen LogP contribution in [0.15, 0.2) is 54.6 Å². The maximum atomic E-state index is 12.2. The summed E-state index contributed by atoms with van der Waals surface area (Å²) in [5.74, 6) is 0. The van der Waals surface area contributed by atoms with Gasteiger partial charge in [0.25, 0.3) is 0 Å². The number of rotatable bonds is 5. The van der Waals surface area contributed by atoms with E-state index in [0.717, 1.165) is 36.3 Å². The fraction of sp³-hybridized carbons (Fsp3) is 0.350. The molecule has 126 valence electrons. The molecule has 1 atom stereocenters. The Labute approximate surface area is 143 Å². The molecule has 0 spiro atoms. The third-order valence-corrected chi connectivity index (χ3v) is 4.56. The fourth-order valence-electron chi connectivity index (χ4n) is 3.28. The second kappa shape index (κ2) is 7.97. The zero-order valence-corrected chi connectivity index (χ0v) is 14.1. The SMILES string of the molecule is CCN1CCCC1COC(=O)Nc1ccccc1-c1ccccc1. The number of nitrogens with one attached hydrogen (secondary N) is 1. The van der Waals surface area contributed by atoms with Crippen molar-refractivity contribution in [2.24, 2.45) is 0 Å². The molecule has 0 bridgehead atoms. The van der Waals surface area contributed by atoms with Crippen LogP contribution in [0, 0.1) is 0 Å². The first-order valence-corrected chi connectivity index (χ1v) is 8.60. The largest absolute Gasteiger partial charge is 0.448 e. The van der Waals surface area contributed by atoms with E-state index in [1.54, 1.807) is 0 Å². The molecule has 2 aromatic carbocycles. The Morgan fingerprint density at radius 1 is 1.17 bits per heavy atom. The minimum Gasteiger partial charge on any atom is -0.448 e. The van der Waals surface area contributed by atoms with E-state index in [0.29, 0.717) is 12.6 Å². The number of amides is 1. The standard InChI is InChI=1S/C20H24N2O2/c1-2-22-14-8-11-17(22)15-24-20(23)21-19-13-7-6-12-18(19)16-9-4-3-5-10-16/h3-7,9-10,12-13,17H,2,8,11,14-15H2,1H3,(H,21,23). The van der Waals surface area contributed by atoms with Gasteiger partial charge in [0.2, 0.25) is 0 Å². The van der Waals surface area contributed by atoms with Crippen LogP contribution in [-0.4, -0.2) is 36.7 Å². The molecule has 4 nitrogen and oxygen atoms in total. The number of hydrogen-bond donors (Lipinski definition) is 1. The van der Waals surface area contributed by atoms with Crippen LogP contribution in [0.3, 0.4) is 0 Å². The number of likely N-dealkylation sites (N-methyl/N-ethyl adjacent to an activating group) is 1.